The van der Waals surface area contributed by atoms with Crippen LogP contribution in [0.4, 0.5) is 11.4 Å². The number of carbonyl (C=O) groups is 1. The molecule has 23 heavy (non-hydrogen) atoms. The van der Waals surface area contributed by atoms with Crippen molar-refractivity contribution in [2.45, 2.75) is 18.9 Å². The molecular formula is C15H22N4O4. The molecule has 0 spiro atoms. The Morgan fingerprint density at radius 2 is 2.09 bits per heavy atom. The summed E-state index contributed by atoms with van der Waals surface area (Å²) in [6.45, 7) is 2.82. The largest absolute Gasteiger partial charge is 0.383 e. The van der Waals surface area contributed by atoms with Gasteiger partial charge in [0.2, 0.25) is 5.91 Å². The Morgan fingerprint density at radius 3 is 2.74 bits per heavy atom. The zero-order chi connectivity index (χ0) is 16.5. The Bertz CT molecular complexity index is 515. The van der Waals surface area contributed by atoms with E-state index in [1.165, 1.54) is 12.1 Å². The van der Waals surface area contributed by atoms with E-state index < -0.39 is 4.92 Å². The van der Waals surface area contributed by atoms with Crippen molar-refractivity contribution in [3.8, 4) is 0 Å². The lowest BCUT2D eigenvalue weighted by Crippen LogP contribution is -2.38. The van der Waals surface area contributed by atoms with Crippen molar-refractivity contribution in [1.82, 2.24) is 10.6 Å². The summed E-state index contributed by atoms with van der Waals surface area (Å²) >= 11 is 0. The summed E-state index contributed by atoms with van der Waals surface area (Å²) in [4.78, 5) is 21.7. The van der Waals surface area contributed by atoms with Gasteiger partial charge < -0.3 is 20.7 Å². The van der Waals surface area contributed by atoms with E-state index in [0.717, 1.165) is 25.1 Å². The highest BCUT2D eigenvalue weighted by Gasteiger charge is 2.14. The molecule has 126 valence electrons. The Kier molecular flexibility index (Phi) is 6.76. The number of ether oxygens (including phenoxy) is 1. The lowest BCUT2D eigenvalue weighted by molar-refractivity contribution is -0.384. The predicted octanol–water partition coefficient (Wildman–Crippen LogP) is 0.892. The second-order valence-corrected chi connectivity index (χ2v) is 5.35. The van der Waals surface area contributed by atoms with Crippen LogP contribution in [0, 0.1) is 10.1 Å². The number of amides is 1. The number of nitrogens with one attached hydrogen (secondary N) is 3. The summed E-state index contributed by atoms with van der Waals surface area (Å²) in [6.07, 6.45) is 2.37. The van der Waals surface area contributed by atoms with Crippen LogP contribution in [0.5, 0.6) is 0 Å². The molecule has 2 rings (SSSR count). The maximum Gasteiger partial charge on any atom is 0.269 e. The molecule has 3 N–H and O–H groups in total. The molecule has 1 heterocycles. The van der Waals surface area contributed by atoms with Crippen molar-refractivity contribution in [2.75, 3.05) is 38.1 Å². The Balaban J connectivity index is 1.53. The van der Waals surface area contributed by atoms with Crippen LogP contribution in [0.15, 0.2) is 24.3 Å². The van der Waals surface area contributed by atoms with Crippen molar-refractivity contribution in [2.24, 2.45) is 0 Å². The van der Waals surface area contributed by atoms with Crippen LogP contribution in [-0.2, 0) is 9.53 Å². The van der Waals surface area contributed by atoms with Gasteiger partial charge in [0.25, 0.3) is 5.69 Å². The molecule has 1 saturated heterocycles. The summed E-state index contributed by atoms with van der Waals surface area (Å²) in [7, 11) is 0. The molecule has 1 aliphatic heterocycles. The number of carbonyl (C=O) groups excluding carboxylic acids is 1. The number of non-ortho nitro benzene ring substituents is 1. The highest BCUT2D eigenvalue weighted by atomic mass is 16.6. The first-order valence-electron chi connectivity index (χ1n) is 7.72. The molecule has 1 aliphatic rings. The highest BCUT2D eigenvalue weighted by molar-refractivity contribution is 5.78. The molecular weight excluding hydrogens is 300 g/mol. The van der Waals surface area contributed by atoms with Gasteiger partial charge in [-0.3, -0.25) is 14.9 Å². The van der Waals surface area contributed by atoms with E-state index in [0.29, 0.717) is 19.6 Å². The predicted molar refractivity (Wildman–Crippen MR) is 86.4 cm³/mol. The van der Waals surface area contributed by atoms with E-state index >= 15 is 0 Å². The average Bonchev–Trinajstić information content (AvgIpc) is 3.05. The number of nitro groups is 1. The summed E-state index contributed by atoms with van der Waals surface area (Å²) in [5.74, 6) is -0.0616. The lowest BCUT2D eigenvalue weighted by atomic mass is 10.2. The number of rotatable bonds is 9. The van der Waals surface area contributed by atoms with Crippen LogP contribution in [0.1, 0.15) is 12.8 Å². The molecule has 1 aromatic rings. The summed E-state index contributed by atoms with van der Waals surface area (Å²) < 4.78 is 5.46. The average molecular weight is 322 g/mol. The Hall–Kier alpha value is -2.19. The topological polar surface area (TPSA) is 106 Å². The minimum atomic E-state index is -0.437. The van der Waals surface area contributed by atoms with E-state index in [4.69, 9.17) is 4.74 Å². The maximum atomic E-state index is 11.6. The third-order valence-corrected chi connectivity index (χ3v) is 3.54. The van der Waals surface area contributed by atoms with Gasteiger partial charge in [0, 0.05) is 44.1 Å². The van der Waals surface area contributed by atoms with Crippen LogP contribution in [0.2, 0.25) is 0 Å². The molecule has 1 unspecified atom stereocenters. The van der Waals surface area contributed by atoms with E-state index in [2.05, 4.69) is 16.0 Å². The van der Waals surface area contributed by atoms with E-state index in [1.807, 2.05) is 0 Å². The zero-order valence-electron chi connectivity index (χ0n) is 12.9. The molecule has 1 amide bonds. The molecule has 1 aromatic carbocycles. The standard InChI is InChI=1S/C15H22N4O4/c20-15(11-16-10-14-2-1-9-23-14)18-8-7-17-12-3-5-13(6-4-12)19(21)22/h3-6,14,16-17H,1-2,7-11H2,(H,18,20). The fourth-order valence-electron chi connectivity index (χ4n) is 2.32. The second kappa shape index (κ2) is 9.06. The first-order valence-corrected chi connectivity index (χ1v) is 7.72. The monoisotopic (exact) mass is 322 g/mol. The van der Waals surface area contributed by atoms with Crippen molar-refractivity contribution in [1.29, 1.82) is 0 Å². The van der Waals surface area contributed by atoms with Crippen LogP contribution in [0.25, 0.3) is 0 Å². The number of hydrogen-bond donors (Lipinski definition) is 3. The molecule has 0 aromatic heterocycles. The van der Waals surface area contributed by atoms with E-state index in [9.17, 15) is 14.9 Å². The van der Waals surface area contributed by atoms with Crippen LogP contribution >= 0.6 is 0 Å². The van der Waals surface area contributed by atoms with Crippen molar-refractivity contribution in [3.63, 3.8) is 0 Å². The van der Waals surface area contributed by atoms with E-state index in [1.54, 1.807) is 12.1 Å². The Labute approximate surface area is 134 Å². The first kappa shape index (κ1) is 17.2. The molecule has 8 nitrogen and oxygen atoms in total. The Morgan fingerprint density at radius 1 is 1.30 bits per heavy atom. The van der Waals surface area contributed by atoms with Gasteiger partial charge in [-0.05, 0) is 25.0 Å². The van der Waals surface area contributed by atoms with Crippen molar-refractivity contribution in [3.05, 3.63) is 34.4 Å². The number of nitrogens with zero attached hydrogens (tertiary/aromatic N) is 1. The van der Waals surface area contributed by atoms with Crippen molar-refractivity contribution < 1.29 is 14.5 Å². The second-order valence-electron chi connectivity index (χ2n) is 5.35. The van der Waals surface area contributed by atoms with Gasteiger partial charge in [-0.15, -0.1) is 0 Å². The van der Waals surface area contributed by atoms with Gasteiger partial charge in [-0.2, -0.15) is 0 Å². The summed E-state index contributed by atoms with van der Waals surface area (Å²) in [5, 5.41) is 19.5. The maximum absolute atomic E-state index is 11.6. The molecule has 0 aliphatic carbocycles. The summed E-state index contributed by atoms with van der Waals surface area (Å²) in [5.41, 5.74) is 0.836. The van der Waals surface area contributed by atoms with Gasteiger partial charge >= 0.3 is 0 Å². The third kappa shape index (κ3) is 6.21. The zero-order valence-corrected chi connectivity index (χ0v) is 12.9. The molecule has 0 saturated carbocycles. The molecule has 8 heteroatoms. The number of hydrogen-bond acceptors (Lipinski definition) is 6. The fraction of sp³-hybridized carbons (Fsp3) is 0.533. The number of anilines is 1. The van der Waals surface area contributed by atoms with Gasteiger partial charge in [-0.1, -0.05) is 0 Å². The lowest BCUT2D eigenvalue weighted by Gasteiger charge is -2.11. The third-order valence-electron chi connectivity index (χ3n) is 3.54. The van der Waals surface area contributed by atoms with Gasteiger partial charge in [0.1, 0.15) is 0 Å². The van der Waals surface area contributed by atoms with Gasteiger partial charge in [-0.25, -0.2) is 0 Å². The number of nitro benzene ring substituents is 1. The SMILES string of the molecule is O=C(CNCC1CCCO1)NCCNc1ccc([N+](=O)[O-])cc1. The van der Waals surface area contributed by atoms with Crippen LogP contribution < -0.4 is 16.0 Å². The molecule has 0 radical (unpaired) electrons. The quantitative estimate of drug-likeness (QED) is 0.354. The minimum absolute atomic E-state index is 0.0566. The smallest absolute Gasteiger partial charge is 0.269 e. The van der Waals surface area contributed by atoms with E-state index in [-0.39, 0.29) is 24.2 Å². The van der Waals surface area contributed by atoms with Crippen molar-refractivity contribution >= 4 is 17.3 Å². The summed E-state index contributed by atoms with van der Waals surface area (Å²) in [6, 6.07) is 6.16. The molecule has 0 bridgehead atoms. The fourth-order valence-corrected chi connectivity index (χ4v) is 2.32. The van der Waals surface area contributed by atoms with Crippen LogP contribution in [-0.4, -0.2) is 49.7 Å². The van der Waals surface area contributed by atoms with Gasteiger partial charge in [0.15, 0.2) is 0 Å². The number of benzene rings is 1. The molecule has 1 fully saturated rings. The minimum Gasteiger partial charge on any atom is -0.383 e. The van der Waals surface area contributed by atoms with Gasteiger partial charge in [0.05, 0.1) is 17.6 Å². The highest BCUT2D eigenvalue weighted by Crippen LogP contribution is 2.14. The molecule has 1 atom stereocenters. The van der Waals surface area contributed by atoms with Crippen LogP contribution in [0.3, 0.4) is 0 Å². The first-order chi connectivity index (χ1) is 11.1. The normalized spacial score (nSPS) is 17.0.